The summed E-state index contributed by atoms with van der Waals surface area (Å²) in [7, 11) is 0. The second kappa shape index (κ2) is 6.93. The third-order valence-corrected chi connectivity index (χ3v) is 5.17. The molecule has 160 valence electrons. The van der Waals surface area contributed by atoms with Crippen LogP contribution in [0.5, 0.6) is 11.5 Å². The minimum atomic E-state index is -4.49. The monoisotopic (exact) mass is 429 g/mol. The highest BCUT2D eigenvalue weighted by molar-refractivity contribution is 5.94. The highest BCUT2D eigenvalue weighted by atomic mass is 19.4. The molecule has 0 fully saturated rings. The summed E-state index contributed by atoms with van der Waals surface area (Å²) in [6.45, 7) is 2.63. The van der Waals surface area contributed by atoms with Crippen LogP contribution in [0.1, 0.15) is 24.1 Å². The lowest BCUT2D eigenvalue weighted by Gasteiger charge is -2.22. The van der Waals surface area contributed by atoms with Crippen LogP contribution in [-0.2, 0) is 6.18 Å². The number of halogens is 3. The van der Waals surface area contributed by atoms with Gasteiger partial charge in [-0.15, -0.1) is 0 Å². The molecule has 0 spiro atoms. The zero-order valence-corrected chi connectivity index (χ0v) is 16.4. The van der Waals surface area contributed by atoms with E-state index in [0.717, 1.165) is 23.0 Å². The standard InChI is InChI=1S/C21H18F3N5O2/c1-11(12-6-13(21(22,23)24)8-14(25)7-12)27-19-15-9-17-18(31-5-4-30-17)10-16(15)29-3-2-26-20(29)28-19/h2-3,6-11H,4-5,25H2,1H3,(H,26,27,28)/t11-/m1/s1. The van der Waals surface area contributed by atoms with Crippen LogP contribution in [0.3, 0.4) is 0 Å². The van der Waals surface area contributed by atoms with Crippen LogP contribution in [0, 0.1) is 0 Å². The van der Waals surface area contributed by atoms with E-state index in [9.17, 15) is 13.2 Å². The predicted molar refractivity (Wildman–Crippen MR) is 109 cm³/mol. The predicted octanol–water partition coefficient (Wildman–Crippen LogP) is 4.43. The summed E-state index contributed by atoms with van der Waals surface area (Å²) in [5.74, 6) is 2.11. The number of nitrogen functional groups attached to an aromatic ring is 1. The molecular weight excluding hydrogens is 411 g/mol. The minimum absolute atomic E-state index is 0.0413. The molecule has 31 heavy (non-hydrogen) atoms. The van der Waals surface area contributed by atoms with Crippen molar-refractivity contribution < 1.29 is 22.6 Å². The van der Waals surface area contributed by atoms with Crippen molar-refractivity contribution in [1.29, 1.82) is 0 Å². The average Bonchev–Trinajstić information content (AvgIpc) is 3.20. The molecule has 7 nitrogen and oxygen atoms in total. The summed E-state index contributed by atoms with van der Waals surface area (Å²) >= 11 is 0. The maximum atomic E-state index is 13.2. The Morgan fingerprint density at radius 2 is 1.84 bits per heavy atom. The summed E-state index contributed by atoms with van der Waals surface area (Å²) < 4.78 is 52.9. The van der Waals surface area contributed by atoms with Crippen LogP contribution in [0.4, 0.5) is 24.7 Å². The van der Waals surface area contributed by atoms with Crippen LogP contribution < -0.4 is 20.5 Å². The Morgan fingerprint density at radius 1 is 1.10 bits per heavy atom. The first-order valence-electron chi connectivity index (χ1n) is 9.60. The number of aromatic nitrogens is 3. The SMILES string of the molecule is C[C@@H](Nc1nc2nccn2c2cc3c(cc12)OCCO3)c1cc(N)cc(C(F)(F)F)c1. The summed E-state index contributed by atoms with van der Waals surface area (Å²) in [6.07, 6.45) is -1.08. The number of ether oxygens (including phenoxy) is 2. The molecule has 1 atom stereocenters. The average molecular weight is 429 g/mol. The lowest BCUT2D eigenvalue weighted by Crippen LogP contribution is -2.16. The lowest BCUT2D eigenvalue weighted by atomic mass is 10.0. The number of rotatable bonds is 3. The van der Waals surface area contributed by atoms with Crippen LogP contribution in [0.15, 0.2) is 42.7 Å². The van der Waals surface area contributed by atoms with Gasteiger partial charge in [0.05, 0.1) is 17.1 Å². The molecule has 0 amide bonds. The summed E-state index contributed by atoms with van der Waals surface area (Å²) in [5.41, 5.74) is 6.15. The first-order chi connectivity index (χ1) is 14.8. The van der Waals surface area contributed by atoms with Gasteiger partial charge in [-0.05, 0) is 36.8 Å². The molecule has 5 rings (SSSR count). The molecule has 0 saturated heterocycles. The van der Waals surface area contributed by atoms with Gasteiger partial charge in [-0.2, -0.15) is 18.2 Å². The van der Waals surface area contributed by atoms with Crippen molar-refractivity contribution >= 4 is 28.2 Å². The fourth-order valence-electron chi connectivity index (χ4n) is 3.68. The van der Waals surface area contributed by atoms with Gasteiger partial charge in [-0.1, -0.05) is 0 Å². The van der Waals surface area contributed by atoms with Crippen molar-refractivity contribution in [3.05, 3.63) is 53.9 Å². The smallest absolute Gasteiger partial charge is 0.416 e. The maximum absolute atomic E-state index is 13.2. The summed E-state index contributed by atoms with van der Waals surface area (Å²) in [6, 6.07) is 6.67. The number of hydrogen-bond acceptors (Lipinski definition) is 6. The molecule has 2 aromatic carbocycles. The van der Waals surface area contributed by atoms with E-state index < -0.39 is 17.8 Å². The first-order valence-corrected chi connectivity index (χ1v) is 9.60. The molecule has 10 heteroatoms. The molecule has 1 aliphatic rings. The molecule has 0 radical (unpaired) electrons. The van der Waals surface area contributed by atoms with Gasteiger partial charge in [0, 0.05) is 29.5 Å². The third-order valence-electron chi connectivity index (χ3n) is 5.17. The number of fused-ring (bicyclic) bond motifs is 4. The number of hydrogen-bond donors (Lipinski definition) is 2. The van der Waals surface area contributed by atoms with Crippen LogP contribution in [0.2, 0.25) is 0 Å². The fraction of sp³-hybridized carbons (Fsp3) is 0.238. The van der Waals surface area contributed by atoms with E-state index in [1.54, 1.807) is 19.3 Å². The summed E-state index contributed by atoms with van der Waals surface area (Å²) in [4.78, 5) is 8.82. The number of imidazole rings is 1. The topological polar surface area (TPSA) is 86.7 Å². The Bertz CT molecular complexity index is 1300. The molecule has 3 heterocycles. The van der Waals surface area contributed by atoms with Gasteiger partial charge in [0.1, 0.15) is 19.0 Å². The van der Waals surface area contributed by atoms with E-state index in [1.165, 1.54) is 6.07 Å². The normalized spacial score (nSPS) is 14.7. The second-order valence-corrected chi connectivity index (χ2v) is 7.32. The molecule has 0 saturated carbocycles. The first kappa shape index (κ1) is 19.3. The number of anilines is 2. The molecule has 0 bridgehead atoms. The molecule has 1 aliphatic heterocycles. The number of alkyl halides is 3. The van der Waals surface area contributed by atoms with E-state index in [2.05, 4.69) is 15.3 Å². The van der Waals surface area contributed by atoms with E-state index in [1.807, 2.05) is 16.5 Å². The largest absolute Gasteiger partial charge is 0.486 e. The van der Waals surface area contributed by atoms with E-state index in [-0.39, 0.29) is 5.69 Å². The molecule has 2 aromatic heterocycles. The number of nitrogens with two attached hydrogens (primary N) is 1. The van der Waals surface area contributed by atoms with Crippen molar-refractivity contribution in [2.75, 3.05) is 24.3 Å². The third kappa shape index (κ3) is 3.43. The van der Waals surface area contributed by atoms with E-state index in [0.29, 0.717) is 41.9 Å². The van der Waals surface area contributed by atoms with Crippen LogP contribution in [-0.4, -0.2) is 27.6 Å². The van der Waals surface area contributed by atoms with Gasteiger partial charge in [0.2, 0.25) is 5.78 Å². The Morgan fingerprint density at radius 3 is 2.58 bits per heavy atom. The Balaban J connectivity index is 1.61. The molecular formula is C21H18F3N5O2. The molecule has 0 aliphatic carbocycles. The van der Waals surface area contributed by atoms with Crippen LogP contribution in [0.25, 0.3) is 16.7 Å². The number of benzene rings is 2. The van der Waals surface area contributed by atoms with Gasteiger partial charge in [-0.25, -0.2) is 4.98 Å². The zero-order chi connectivity index (χ0) is 21.8. The highest BCUT2D eigenvalue weighted by Gasteiger charge is 2.31. The van der Waals surface area contributed by atoms with Crippen molar-refractivity contribution in [3.8, 4) is 11.5 Å². The van der Waals surface area contributed by atoms with Crippen molar-refractivity contribution in [3.63, 3.8) is 0 Å². The van der Waals surface area contributed by atoms with Gasteiger partial charge < -0.3 is 20.5 Å². The van der Waals surface area contributed by atoms with Crippen molar-refractivity contribution in [2.45, 2.75) is 19.1 Å². The van der Waals surface area contributed by atoms with Gasteiger partial charge >= 0.3 is 6.18 Å². The molecule has 3 N–H and O–H groups in total. The quantitative estimate of drug-likeness (QED) is 0.469. The zero-order valence-electron chi connectivity index (χ0n) is 16.4. The number of nitrogens with one attached hydrogen (secondary N) is 1. The van der Waals surface area contributed by atoms with Crippen LogP contribution >= 0.6 is 0 Å². The fourth-order valence-corrected chi connectivity index (χ4v) is 3.68. The number of nitrogens with zero attached hydrogens (tertiary/aromatic N) is 3. The Labute approximate surface area is 174 Å². The Hall–Kier alpha value is -3.69. The van der Waals surface area contributed by atoms with Gasteiger partial charge in [-0.3, -0.25) is 4.40 Å². The minimum Gasteiger partial charge on any atom is -0.486 e. The second-order valence-electron chi connectivity index (χ2n) is 7.32. The van der Waals surface area contributed by atoms with E-state index >= 15 is 0 Å². The maximum Gasteiger partial charge on any atom is 0.416 e. The molecule has 0 unspecified atom stereocenters. The molecule has 4 aromatic rings. The van der Waals surface area contributed by atoms with E-state index in [4.69, 9.17) is 15.2 Å². The van der Waals surface area contributed by atoms with Crippen molar-refractivity contribution in [1.82, 2.24) is 14.4 Å². The lowest BCUT2D eigenvalue weighted by molar-refractivity contribution is -0.137. The van der Waals surface area contributed by atoms with Gasteiger partial charge in [0.25, 0.3) is 0 Å². The highest BCUT2D eigenvalue weighted by Crippen LogP contribution is 2.38. The van der Waals surface area contributed by atoms with Crippen molar-refractivity contribution in [2.24, 2.45) is 0 Å². The van der Waals surface area contributed by atoms with Gasteiger partial charge in [0.15, 0.2) is 11.5 Å². The summed E-state index contributed by atoms with van der Waals surface area (Å²) in [5, 5.41) is 3.94. The Kier molecular flexibility index (Phi) is 4.31.